The van der Waals surface area contributed by atoms with Gasteiger partial charge < -0.3 is 19.3 Å². The van der Waals surface area contributed by atoms with Gasteiger partial charge in [-0.3, -0.25) is 0 Å². The van der Waals surface area contributed by atoms with Crippen LogP contribution in [0.1, 0.15) is 32.4 Å². The van der Waals surface area contributed by atoms with E-state index in [1.165, 1.54) is 0 Å². The summed E-state index contributed by atoms with van der Waals surface area (Å²) in [7, 11) is 4.73. The van der Waals surface area contributed by atoms with E-state index in [0.29, 0.717) is 28.7 Å². The van der Waals surface area contributed by atoms with Gasteiger partial charge in [0.15, 0.2) is 0 Å². The van der Waals surface area contributed by atoms with Crippen molar-refractivity contribution in [3.63, 3.8) is 0 Å². The molecule has 1 aromatic rings. The van der Waals surface area contributed by atoms with Crippen LogP contribution in [0.25, 0.3) is 0 Å². The minimum absolute atomic E-state index is 0.0937. The summed E-state index contributed by atoms with van der Waals surface area (Å²) in [5.41, 5.74) is 0.673. The van der Waals surface area contributed by atoms with Crippen molar-refractivity contribution in [3.05, 3.63) is 17.7 Å². The Morgan fingerprint density at radius 3 is 1.68 bits per heavy atom. The Balaban J connectivity index is 3.31. The first kappa shape index (κ1) is 15.6. The molecular weight excluding hydrogens is 244 g/mol. The number of benzene rings is 1. The molecule has 108 valence electrons. The lowest BCUT2D eigenvalue weighted by molar-refractivity contribution is 0.0868. The normalized spacial score (nSPS) is 14.1. The fourth-order valence-corrected chi connectivity index (χ4v) is 1.95. The molecule has 1 N–H and O–H groups in total. The Labute approximate surface area is 115 Å². The Kier molecular flexibility index (Phi) is 5.48. The van der Waals surface area contributed by atoms with Crippen molar-refractivity contribution >= 4 is 0 Å². The van der Waals surface area contributed by atoms with E-state index in [1.807, 2.05) is 6.92 Å². The van der Waals surface area contributed by atoms with Crippen molar-refractivity contribution in [3.8, 4) is 17.2 Å². The third-order valence-electron chi connectivity index (χ3n) is 3.60. The van der Waals surface area contributed by atoms with Gasteiger partial charge in [0, 0.05) is 12.1 Å². The second-order valence-corrected chi connectivity index (χ2v) is 4.99. The number of ether oxygens (including phenoxy) is 3. The van der Waals surface area contributed by atoms with E-state index in [1.54, 1.807) is 33.5 Å². The van der Waals surface area contributed by atoms with Crippen molar-refractivity contribution in [2.24, 2.45) is 11.8 Å². The molecule has 0 heterocycles. The number of methoxy groups -OCH3 is 3. The summed E-state index contributed by atoms with van der Waals surface area (Å²) in [5, 5.41) is 10.5. The first-order chi connectivity index (χ1) is 8.96. The van der Waals surface area contributed by atoms with Gasteiger partial charge in [-0.05, 0) is 11.8 Å². The van der Waals surface area contributed by atoms with Gasteiger partial charge in [0.25, 0.3) is 0 Å². The average Bonchev–Trinajstić information content (AvgIpc) is 2.43. The van der Waals surface area contributed by atoms with Gasteiger partial charge in [0.05, 0.1) is 33.0 Å². The van der Waals surface area contributed by atoms with Gasteiger partial charge >= 0.3 is 0 Å². The van der Waals surface area contributed by atoms with Crippen molar-refractivity contribution in [2.75, 3.05) is 21.3 Å². The van der Waals surface area contributed by atoms with Gasteiger partial charge in [0.2, 0.25) is 0 Å². The molecule has 0 aliphatic carbocycles. The predicted octanol–water partition coefficient (Wildman–Crippen LogP) is 3.04. The molecule has 0 aliphatic heterocycles. The zero-order valence-corrected chi connectivity index (χ0v) is 12.6. The lowest BCUT2D eigenvalue weighted by Crippen LogP contribution is -2.16. The summed E-state index contributed by atoms with van der Waals surface area (Å²) in [5.74, 6) is 2.25. The number of aliphatic hydroxyl groups excluding tert-OH is 1. The molecule has 0 bridgehead atoms. The molecule has 4 heteroatoms. The van der Waals surface area contributed by atoms with Crippen molar-refractivity contribution in [2.45, 2.75) is 26.9 Å². The molecule has 0 saturated heterocycles. The molecule has 0 aromatic heterocycles. The van der Waals surface area contributed by atoms with Gasteiger partial charge in [0.1, 0.15) is 17.2 Å². The zero-order chi connectivity index (χ0) is 14.6. The van der Waals surface area contributed by atoms with Crippen LogP contribution in [0.5, 0.6) is 17.2 Å². The highest BCUT2D eigenvalue weighted by Crippen LogP contribution is 2.42. The molecule has 0 spiro atoms. The lowest BCUT2D eigenvalue weighted by atomic mass is 9.87. The van der Waals surface area contributed by atoms with E-state index < -0.39 is 6.10 Å². The fourth-order valence-electron chi connectivity index (χ4n) is 1.95. The molecule has 2 atom stereocenters. The van der Waals surface area contributed by atoms with E-state index in [2.05, 4.69) is 13.8 Å². The van der Waals surface area contributed by atoms with E-state index in [4.69, 9.17) is 14.2 Å². The number of hydrogen-bond donors (Lipinski definition) is 1. The molecule has 4 nitrogen and oxygen atoms in total. The average molecular weight is 268 g/mol. The monoisotopic (exact) mass is 268 g/mol. The molecule has 0 aliphatic rings. The zero-order valence-electron chi connectivity index (χ0n) is 12.6. The first-order valence-corrected chi connectivity index (χ1v) is 6.44. The highest BCUT2D eigenvalue weighted by Gasteiger charge is 2.26. The Morgan fingerprint density at radius 2 is 1.37 bits per heavy atom. The first-order valence-electron chi connectivity index (χ1n) is 6.44. The maximum atomic E-state index is 10.5. The minimum atomic E-state index is -0.643. The Morgan fingerprint density at radius 1 is 0.895 bits per heavy atom. The van der Waals surface area contributed by atoms with Crippen LogP contribution < -0.4 is 14.2 Å². The summed E-state index contributed by atoms with van der Waals surface area (Å²) in [6.45, 7) is 6.17. The highest BCUT2D eigenvalue weighted by molar-refractivity contribution is 5.52. The molecule has 1 rings (SSSR count). The van der Waals surface area contributed by atoms with Gasteiger partial charge in [-0.2, -0.15) is 0 Å². The van der Waals surface area contributed by atoms with E-state index in [9.17, 15) is 5.11 Å². The van der Waals surface area contributed by atoms with Gasteiger partial charge in [-0.15, -0.1) is 0 Å². The van der Waals surface area contributed by atoms with Crippen LogP contribution in [0.2, 0.25) is 0 Å². The number of hydrogen-bond acceptors (Lipinski definition) is 4. The smallest absolute Gasteiger partial charge is 0.132 e. The summed E-state index contributed by atoms with van der Waals surface area (Å²) < 4.78 is 15.9. The predicted molar refractivity (Wildman–Crippen MR) is 75.1 cm³/mol. The molecule has 2 unspecified atom stereocenters. The van der Waals surface area contributed by atoms with Crippen molar-refractivity contribution in [1.82, 2.24) is 0 Å². The molecular formula is C15H24O4. The molecule has 19 heavy (non-hydrogen) atoms. The van der Waals surface area contributed by atoms with Gasteiger partial charge in [-0.1, -0.05) is 20.8 Å². The van der Waals surface area contributed by atoms with Crippen molar-refractivity contribution < 1.29 is 19.3 Å². The van der Waals surface area contributed by atoms with Crippen molar-refractivity contribution in [1.29, 1.82) is 0 Å². The van der Waals surface area contributed by atoms with E-state index in [0.717, 1.165) is 0 Å². The maximum absolute atomic E-state index is 10.5. The molecule has 1 aromatic carbocycles. The molecule has 0 saturated carbocycles. The number of rotatable bonds is 6. The topological polar surface area (TPSA) is 47.9 Å². The standard InChI is InChI=1S/C15H24O4/c1-9(2)10(3)15(16)14-12(18-5)7-11(17-4)8-13(14)19-6/h7-10,15-16H,1-6H3. The largest absolute Gasteiger partial charge is 0.496 e. The van der Waals surface area contributed by atoms with Crippen LogP contribution in [-0.2, 0) is 0 Å². The summed E-state index contributed by atoms with van der Waals surface area (Å²) >= 11 is 0. The fraction of sp³-hybridized carbons (Fsp3) is 0.600. The summed E-state index contributed by atoms with van der Waals surface area (Å²) in [4.78, 5) is 0. The van der Waals surface area contributed by atoms with Crippen LogP contribution in [0.4, 0.5) is 0 Å². The number of aliphatic hydroxyl groups is 1. The van der Waals surface area contributed by atoms with Crippen LogP contribution in [0.15, 0.2) is 12.1 Å². The lowest BCUT2D eigenvalue weighted by Gasteiger charge is -2.26. The second kappa shape index (κ2) is 6.66. The van der Waals surface area contributed by atoms with E-state index >= 15 is 0 Å². The molecule has 0 radical (unpaired) electrons. The van der Waals surface area contributed by atoms with Crippen LogP contribution in [0, 0.1) is 11.8 Å². The minimum Gasteiger partial charge on any atom is -0.496 e. The van der Waals surface area contributed by atoms with Crippen LogP contribution >= 0.6 is 0 Å². The highest BCUT2D eigenvalue weighted by atomic mass is 16.5. The second-order valence-electron chi connectivity index (χ2n) is 4.99. The van der Waals surface area contributed by atoms with Crippen LogP contribution in [-0.4, -0.2) is 26.4 Å². The molecule has 0 fully saturated rings. The van der Waals surface area contributed by atoms with Gasteiger partial charge in [-0.25, -0.2) is 0 Å². The SMILES string of the molecule is COc1cc(OC)c(C(O)C(C)C(C)C)c(OC)c1. The molecule has 0 amide bonds. The Bertz CT molecular complexity index is 390. The van der Waals surface area contributed by atoms with E-state index in [-0.39, 0.29) is 5.92 Å². The summed E-state index contributed by atoms with van der Waals surface area (Å²) in [6.07, 6.45) is -0.643. The van der Waals surface area contributed by atoms with Crippen LogP contribution in [0.3, 0.4) is 0 Å². The third kappa shape index (κ3) is 3.32. The Hall–Kier alpha value is -1.42. The maximum Gasteiger partial charge on any atom is 0.132 e. The quantitative estimate of drug-likeness (QED) is 0.861. The summed E-state index contributed by atoms with van der Waals surface area (Å²) in [6, 6.07) is 3.52. The third-order valence-corrected chi connectivity index (χ3v) is 3.60.